The molecule has 0 unspecified atom stereocenters. The first-order chi connectivity index (χ1) is 11.0. The van der Waals surface area contributed by atoms with E-state index < -0.39 is 11.8 Å². The normalized spacial score (nSPS) is 10.0. The number of carbonyl (C=O) groups is 2. The van der Waals surface area contributed by atoms with Gasteiger partial charge in [0.1, 0.15) is 22.8 Å². The Morgan fingerprint density at radius 3 is 1.65 bits per heavy atom. The van der Waals surface area contributed by atoms with Crippen LogP contribution in [0.2, 0.25) is 0 Å². The molecule has 0 aliphatic heterocycles. The summed E-state index contributed by atoms with van der Waals surface area (Å²) in [5, 5.41) is 9.36. The predicted octanol–water partition coefficient (Wildman–Crippen LogP) is 2.64. The van der Waals surface area contributed by atoms with E-state index in [9.17, 15) is 14.7 Å². The number of carboxylic acid groups (broad SMARTS) is 1. The van der Waals surface area contributed by atoms with Gasteiger partial charge in [-0.3, -0.25) is 4.79 Å². The zero-order valence-electron chi connectivity index (χ0n) is 13.0. The van der Waals surface area contributed by atoms with E-state index in [4.69, 9.17) is 14.2 Å². The first kappa shape index (κ1) is 16.4. The lowest BCUT2D eigenvalue weighted by molar-refractivity contribution is 0.0692. The molecule has 0 aliphatic carbocycles. The number of rotatable bonds is 6. The van der Waals surface area contributed by atoms with E-state index in [2.05, 4.69) is 0 Å². The van der Waals surface area contributed by atoms with Gasteiger partial charge in [-0.25, -0.2) is 4.79 Å². The Bertz CT molecular complexity index is 728. The maximum atomic E-state index is 13.0. The average molecular weight is 316 g/mol. The maximum Gasteiger partial charge on any atom is 0.336 e. The van der Waals surface area contributed by atoms with Gasteiger partial charge in [0.25, 0.3) is 0 Å². The summed E-state index contributed by atoms with van der Waals surface area (Å²) in [6.07, 6.45) is 0. The van der Waals surface area contributed by atoms with Gasteiger partial charge in [-0.1, -0.05) is 12.1 Å². The van der Waals surface area contributed by atoms with Crippen molar-refractivity contribution < 1.29 is 28.9 Å². The predicted molar refractivity (Wildman–Crippen MR) is 82.9 cm³/mol. The average Bonchev–Trinajstić information content (AvgIpc) is 2.59. The number of hydrogen-bond donors (Lipinski definition) is 1. The summed E-state index contributed by atoms with van der Waals surface area (Å²) in [6, 6.07) is 9.27. The maximum absolute atomic E-state index is 13.0. The topological polar surface area (TPSA) is 82.1 Å². The third kappa shape index (κ3) is 2.96. The number of ether oxygens (including phenoxy) is 3. The SMILES string of the molecule is COc1cccc(OC)c1C(=O)c1c(OC)cccc1C(=O)O. The van der Waals surface area contributed by atoms with Crippen LogP contribution < -0.4 is 14.2 Å². The van der Waals surface area contributed by atoms with Crippen LogP contribution in [0.15, 0.2) is 36.4 Å². The fourth-order valence-corrected chi connectivity index (χ4v) is 2.31. The molecule has 2 aromatic rings. The quantitative estimate of drug-likeness (QED) is 0.825. The number of benzene rings is 2. The van der Waals surface area contributed by atoms with Crippen LogP contribution in [0.3, 0.4) is 0 Å². The fourth-order valence-electron chi connectivity index (χ4n) is 2.31. The minimum absolute atomic E-state index is 0.0506. The van der Waals surface area contributed by atoms with Crippen LogP contribution >= 0.6 is 0 Å². The molecular formula is C17H16O6. The molecule has 0 aromatic heterocycles. The Hall–Kier alpha value is -3.02. The van der Waals surface area contributed by atoms with Gasteiger partial charge in [0.15, 0.2) is 0 Å². The zero-order chi connectivity index (χ0) is 17.0. The Labute approximate surface area is 133 Å². The van der Waals surface area contributed by atoms with Gasteiger partial charge in [0, 0.05) is 0 Å². The fraction of sp³-hybridized carbons (Fsp3) is 0.176. The van der Waals surface area contributed by atoms with E-state index in [1.165, 1.54) is 39.5 Å². The second-order valence-corrected chi connectivity index (χ2v) is 4.55. The molecule has 0 saturated heterocycles. The minimum Gasteiger partial charge on any atom is -0.496 e. The molecule has 0 radical (unpaired) electrons. The molecule has 2 aromatic carbocycles. The van der Waals surface area contributed by atoms with Crippen molar-refractivity contribution in [3.05, 3.63) is 53.1 Å². The van der Waals surface area contributed by atoms with Crippen LogP contribution in [0.4, 0.5) is 0 Å². The Morgan fingerprint density at radius 1 is 0.783 bits per heavy atom. The zero-order valence-corrected chi connectivity index (χ0v) is 13.0. The van der Waals surface area contributed by atoms with Crippen LogP contribution in [-0.2, 0) is 0 Å². The van der Waals surface area contributed by atoms with E-state index in [0.717, 1.165) is 0 Å². The van der Waals surface area contributed by atoms with E-state index >= 15 is 0 Å². The molecule has 0 aliphatic rings. The Balaban J connectivity index is 2.74. The lowest BCUT2D eigenvalue weighted by atomic mass is 9.96. The van der Waals surface area contributed by atoms with Gasteiger partial charge >= 0.3 is 5.97 Å². The second kappa shape index (κ2) is 6.83. The standard InChI is InChI=1S/C17H16O6/c1-21-11-7-4-6-10(17(19)20)14(11)16(18)15-12(22-2)8-5-9-13(15)23-3/h4-9H,1-3H3,(H,19,20). The molecule has 120 valence electrons. The van der Waals surface area contributed by atoms with E-state index in [1.54, 1.807) is 18.2 Å². The van der Waals surface area contributed by atoms with Crippen LogP contribution in [0, 0.1) is 0 Å². The largest absolute Gasteiger partial charge is 0.496 e. The van der Waals surface area contributed by atoms with Crippen molar-refractivity contribution in [2.75, 3.05) is 21.3 Å². The van der Waals surface area contributed by atoms with Gasteiger partial charge in [-0.15, -0.1) is 0 Å². The molecular weight excluding hydrogens is 300 g/mol. The lowest BCUT2D eigenvalue weighted by Gasteiger charge is -2.15. The van der Waals surface area contributed by atoms with Crippen LogP contribution in [-0.4, -0.2) is 38.2 Å². The van der Waals surface area contributed by atoms with Crippen molar-refractivity contribution in [1.82, 2.24) is 0 Å². The highest BCUT2D eigenvalue weighted by atomic mass is 16.5. The number of ketones is 1. The molecule has 0 saturated carbocycles. The minimum atomic E-state index is -1.22. The summed E-state index contributed by atoms with van der Waals surface area (Å²) < 4.78 is 15.6. The second-order valence-electron chi connectivity index (χ2n) is 4.55. The molecule has 0 spiro atoms. The van der Waals surface area contributed by atoms with Crippen molar-refractivity contribution in [2.45, 2.75) is 0 Å². The van der Waals surface area contributed by atoms with Gasteiger partial charge in [0.05, 0.1) is 32.5 Å². The molecule has 6 nitrogen and oxygen atoms in total. The van der Waals surface area contributed by atoms with E-state index in [-0.39, 0.29) is 33.9 Å². The van der Waals surface area contributed by atoms with Gasteiger partial charge in [0.2, 0.25) is 5.78 Å². The summed E-state index contributed by atoms with van der Waals surface area (Å²) in [4.78, 5) is 24.5. The molecule has 0 heterocycles. The summed E-state index contributed by atoms with van der Waals surface area (Å²) in [7, 11) is 4.22. The molecule has 0 atom stereocenters. The monoisotopic (exact) mass is 316 g/mol. The summed E-state index contributed by atoms with van der Waals surface area (Å²) in [5.41, 5.74) is -0.0582. The summed E-state index contributed by atoms with van der Waals surface area (Å²) in [6.45, 7) is 0. The van der Waals surface area contributed by atoms with Crippen molar-refractivity contribution in [2.24, 2.45) is 0 Å². The third-order valence-corrected chi connectivity index (χ3v) is 3.36. The first-order valence-corrected chi connectivity index (χ1v) is 6.71. The highest BCUT2D eigenvalue weighted by molar-refractivity contribution is 6.18. The molecule has 23 heavy (non-hydrogen) atoms. The molecule has 0 fully saturated rings. The van der Waals surface area contributed by atoms with Crippen molar-refractivity contribution >= 4 is 11.8 Å². The molecule has 0 amide bonds. The smallest absolute Gasteiger partial charge is 0.336 e. The molecule has 6 heteroatoms. The number of hydrogen-bond acceptors (Lipinski definition) is 5. The molecule has 0 bridgehead atoms. The van der Waals surface area contributed by atoms with Crippen molar-refractivity contribution in [1.29, 1.82) is 0 Å². The van der Waals surface area contributed by atoms with E-state index in [1.807, 2.05) is 0 Å². The lowest BCUT2D eigenvalue weighted by Crippen LogP contribution is -2.13. The van der Waals surface area contributed by atoms with Crippen molar-refractivity contribution in [3.8, 4) is 17.2 Å². The van der Waals surface area contributed by atoms with Gasteiger partial charge < -0.3 is 19.3 Å². The van der Waals surface area contributed by atoms with Gasteiger partial charge in [-0.05, 0) is 24.3 Å². The van der Waals surface area contributed by atoms with Crippen molar-refractivity contribution in [3.63, 3.8) is 0 Å². The summed E-state index contributed by atoms with van der Waals surface area (Å²) >= 11 is 0. The highest BCUT2D eigenvalue weighted by Gasteiger charge is 2.27. The van der Waals surface area contributed by atoms with Crippen LogP contribution in [0.1, 0.15) is 26.3 Å². The van der Waals surface area contributed by atoms with Crippen LogP contribution in [0.5, 0.6) is 17.2 Å². The number of carboxylic acids is 1. The highest BCUT2D eigenvalue weighted by Crippen LogP contribution is 2.34. The number of aromatic carboxylic acids is 1. The summed E-state index contributed by atoms with van der Waals surface area (Å²) in [5.74, 6) is -1.02. The number of methoxy groups -OCH3 is 3. The van der Waals surface area contributed by atoms with E-state index in [0.29, 0.717) is 0 Å². The number of carbonyl (C=O) groups excluding carboxylic acids is 1. The van der Waals surface area contributed by atoms with Crippen LogP contribution in [0.25, 0.3) is 0 Å². The Kier molecular flexibility index (Phi) is 4.85. The Morgan fingerprint density at radius 2 is 1.22 bits per heavy atom. The third-order valence-electron chi connectivity index (χ3n) is 3.36. The first-order valence-electron chi connectivity index (χ1n) is 6.71. The van der Waals surface area contributed by atoms with Gasteiger partial charge in [-0.2, -0.15) is 0 Å². The molecule has 2 rings (SSSR count). The molecule has 1 N–H and O–H groups in total.